The smallest absolute Gasteiger partial charge is 0.0906 e. The fraction of sp³-hybridized carbons (Fsp3) is 0.467. The van der Waals surface area contributed by atoms with Gasteiger partial charge in [0.25, 0.3) is 0 Å². The first-order valence-corrected chi connectivity index (χ1v) is 7.01. The second kappa shape index (κ2) is 6.01. The van der Waals surface area contributed by atoms with Crippen LogP contribution < -0.4 is 0 Å². The molecule has 2 rings (SSSR count). The number of hydrogen-bond acceptors (Lipinski definition) is 1. The summed E-state index contributed by atoms with van der Waals surface area (Å²) < 4.78 is 0. The molecule has 1 aliphatic rings. The third kappa shape index (κ3) is 3.06. The lowest BCUT2D eigenvalue weighted by Gasteiger charge is -2.24. The first-order chi connectivity index (χ1) is 7.90. The van der Waals surface area contributed by atoms with Gasteiger partial charge in [0.15, 0.2) is 0 Å². The van der Waals surface area contributed by atoms with Crippen LogP contribution in [0.25, 0.3) is 0 Å². The van der Waals surface area contributed by atoms with Gasteiger partial charge in [-0.25, -0.2) is 0 Å². The number of rotatable bonds is 3. The van der Waals surface area contributed by atoms with Gasteiger partial charge in [-0.15, -0.1) is 18.2 Å². The molecule has 0 aromatic heterocycles. The molecule has 1 heteroatoms. The van der Waals surface area contributed by atoms with Gasteiger partial charge in [-0.1, -0.05) is 55.5 Å². The summed E-state index contributed by atoms with van der Waals surface area (Å²) in [5, 5.41) is 1.01. The van der Waals surface area contributed by atoms with Crippen molar-refractivity contribution in [2.75, 3.05) is 0 Å². The molecule has 1 unspecified atom stereocenters. The van der Waals surface area contributed by atoms with Crippen molar-refractivity contribution in [3.63, 3.8) is 0 Å². The molecule has 84 valence electrons. The molecule has 0 spiro atoms. The first-order valence-electron chi connectivity index (χ1n) is 6.06. The molecule has 0 N–H and O–H groups in total. The standard InChI is InChI=1S/C15H18S/c1-2-15(13-9-5-3-6-10-13)16-14-11-7-4-8-12-14/h1,3,5-6,9-10,14-15H,4,7-8,11-12H2. The minimum atomic E-state index is 0.240. The van der Waals surface area contributed by atoms with Crippen LogP contribution in [-0.2, 0) is 0 Å². The molecule has 0 bridgehead atoms. The summed E-state index contributed by atoms with van der Waals surface area (Å²) in [6, 6.07) is 10.5. The van der Waals surface area contributed by atoms with E-state index in [1.165, 1.54) is 37.7 Å². The quantitative estimate of drug-likeness (QED) is 0.692. The lowest BCUT2D eigenvalue weighted by molar-refractivity contribution is 0.515. The highest BCUT2D eigenvalue weighted by Gasteiger charge is 2.18. The van der Waals surface area contributed by atoms with Crippen molar-refractivity contribution in [3.05, 3.63) is 35.9 Å². The Bertz CT molecular complexity index is 343. The summed E-state index contributed by atoms with van der Waals surface area (Å²) in [5.74, 6) is 2.93. The van der Waals surface area contributed by atoms with Crippen LogP contribution in [0.3, 0.4) is 0 Å². The van der Waals surface area contributed by atoms with Gasteiger partial charge in [-0.05, 0) is 18.4 Å². The van der Waals surface area contributed by atoms with Crippen molar-refractivity contribution in [1.29, 1.82) is 0 Å². The first kappa shape index (κ1) is 11.6. The Labute approximate surface area is 103 Å². The van der Waals surface area contributed by atoms with Gasteiger partial charge < -0.3 is 0 Å². The molecule has 1 saturated carbocycles. The van der Waals surface area contributed by atoms with E-state index in [4.69, 9.17) is 6.42 Å². The van der Waals surface area contributed by atoms with E-state index in [-0.39, 0.29) is 5.25 Å². The molecule has 0 nitrogen and oxygen atoms in total. The van der Waals surface area contributed by atoms with Gasteiger partial charge >= 0.3 is 0 Å². The molecule has 16 heavy (non-hydrogen) atoms. The highest BCUT2D eigenvalue weighted by atomic mass is 32.2. The average molecular weight is 230 g/mol. The van der Waals surface area contributed by atoms with Crippen LogP contribution in [0.5, 0.6) is 0 Å². The zero-order valence-corrected chi connectivity index (χ0v) is 10.4. The van der Waals surface area contributed by atoms with Crippen LogP contribution >= 0.6 is 11.8 Å². The topological polar surface area (TPSA) is 0 Å². The van der Waals surface area contributed by atoms with Crippen molar-refractivity contribution >= 4 is 11.8 Å². The Morgan fingerprint density at radius 2 is 1.81 bits per heavy atom. The van der Waals surface area contributed by atoms with E-state index in [1.54, 1.807) is 0 Å². The summed E-state index contributed by atoms with van der Waals surface area (Å²) in [6.45, 7) is 0. The molecule has 0 heterocycles. The number of terminal acetylenes is 1. The lowest BCUT2D eigenvalue weighted by atomic mass is 10.0. The Kier molecular flexibility index (Phi) is 4.36. The van der Waals surface area contributed by atoms with E-state index in [1.807, 2.05) is 17.8 Å². The second-order valence-electron chi connectivity index (χ2n) is 4.35. The normalized spacial score (nSPS) is 18.9. The van der Waals surface area contributed by atoms with Crippen molar-refractivity contribution < 1.29 is 0 Å². The molecular weight excluding hydrogens is 212 g/mol. The zero-order valence-electron chi connectivity index (χ0n) is 9.56. The number of thioether (sulfide) groups is 1. The van der Waals surface area contributed by atoms with Crippen LogP contribution in [0.1, 0.15) is 42.9 Å². The minimum absolute atomic E-state index is 0.240. The largest absolute Gasteiger partial charge is 0.137 e. The molecule has 0 radical (unpaired) electrons. The predicted molar refractivity (Wildman–Crippen MR) is 72.5 cm³/mol. The van der Waals surface area contributed by atoms with Crippen molar-refractivity contribution in [2.45, 2.75) is 42.6 Å². The van der Waals surface area contributed by atoms with Crippen molar-refractivity contribution in [2.24, 2.45) is 0 Å². The molecule has 0 amide bonds. The Balaban J connectivity index is 1.98. The summed E-state index contributed by atoms with van der Waals surface area (Å²) in [6.07, 6.45) is 12.5. The van der Waals surface area contributed by atoms with Crippen LogP contribution in [0.15, 0.2) is 30.3 Å². The summed E-state index contributed by atoms with van der Waals surface area (Å²) in [4.78, 5) is 0. The van der Waals surface area contributed by atoms with E-state index in [0.717, 1.165) is 5.25 Å². The fourth-order valence-corrected chi connectivity index (χ4v) is 3.62. The molecular formula is C15H18S. The SMILES string of the molecule is C#CC(SC1CCCCC1)c1ccccc1. The summed E-state index contributed by atoms with van der Waals surface area (Å²) in [7, 11) is 0. The Morgan fingerprint density at radius 1 is 1.12 bits per heavy atom. The maximum Gasteiger partial charge on any atom is 0.0906 e. The van der Waals surface area contributed by atoms with E-state index in [0.29, 0.717) is 0 Å². The van der Waals surface area contributed by atoms with Crippen molar-refractivity contribution in [3.8, 4) is 12.3 Å². The fourth-order valence-electron chi connectivity index (χ4n) is 2.24. The monoisotopic (exact) mass is 230 g/mol. The average Bonchev–Trinajstić information content (AvgIpc) is 2.38. The highest BCUT2D eigenvalue weighted by Crippen LogP contribution is 2.37. The third-order valence-electron chi connectivity index (χ3n) is 3.13. The molecule has 1 aromatic rings. The van der Waals surface area contributed by atoms with E-state index >= 15 is 0 Å². The van der Waals surface area contributed by atoms with Crippen LogP contribution in [-0.4, -0.2) is 5.25 Å². The predicted octanol–water partition coefficient (Wildman–Crippen LogP) is 4.43. The molecule has 0 aliphatic heterocycles. The minimum Gasteiger partial charge on any atom is -0.137 e. The maximum atomic E-state index is 5.65. The Hall–Kier alpha value is -0.870. The summed E-state index contributed by atoms with van der Waals surface area (Å²) >= 11 is 1.98. The lowest BCUT2D eigenvalue weighted by Crippen LogP contribution is -2.10. The number of hydrogen-bond donors (Lipinski definition) is 0. The van der Waals surface area contributed by atoms with E-state index < -0.39 is 0 Å². The summed E-state index contributed by atoms with van der Waals surface area (Å²) in [5.41, 5.74) is 1.28. The maximum absolute atomic E-state index is 5.65. The molecule has 1 aliphatic carbocycles. The second-order valence-corrected chi connectivity index (χ2v) is 5.76. The van der Waals surface area contributed by atoms with Gasteiger partial charge in [0.2, 0.25) is 0 Å². The molecule has 1 fully saturated rings. The van der Waals surface area contributed by atoms with Crippen LogP contribution in [0.2, 0.25) is 0 Å². The van der Waals surface area contributed by atoms with Gasteiger partial charge in [0, 0.05) is 5.25 Å². The van der Waals surface area contributed by atoms with Crippen molar-refractivity contribution in [1.82, 2.24) is 0 Å². The Morgan fingerprint density at radius 3 is 2.44 bits per heavy atom. The van der Waals surface area contributed by atoms with Gasteiger partial charge in [-0.2, -0.15) is 0 Å². The van der Waals surface area contributed by atoms with E-state index in [2.05, 4.69) is 30.2 Å². The van der Waals surface area contributed by atoms with Gasteiger partial charge in [0.05, 0.1) is 5.25 Å². The third-order valence-corrected chi connectivity index (χ3v) is 4.67. The molecule has 1 aromatic carbocycles. The van der Waals surface area contributed by atoms with Crippen LogP contribution in [0.4, 0.5) is 0 Å². The highest BCUT2D eigenvalue weighted by molar-refractivity contribution is 8.00. The van der Waals surface area contributed by atoms with Gasteiger partial charge in [-0.3, -0.25) is 0 Å². The van der Waals surface area contributed by atoms with E-state index in [9.17, 15) is 0 Å². The van der Waals surface area contributed by atoms with Crippen LogP contribution in [0, 0.1) is 12.3 Å². The van der Waals surface area contributed by atoms with Gasteiger partial charge in [0.1, 0.15) is 0 Å². The number of benzene rings is 1. The molecule has 0 saturated heterocycles. The zero-order chi connectivity index (χ0) is 11.2. The molecule has 1 atom stereocenters.